The van der Waals surface area contributed by atoms with Gasteiger partial charge in [-0.1, -0.05) is 260 Å². The fourth-order valence-electron chi connectivity index (χ4n) is 9.35. The van der Waals surface area contributed by atoms with Crippen LogP contribution in [0.1, 0.15) is 311 Å². The van der Waals surface area contributed by atoms with Crippen LogP contribution in [0, 0.1) is 11.8 Å². The Labute approximate surface area is 498 Å². The van der Waals surface area contributed by atoms with E-state index in [4.69, 9.17) is 37.0 Å². The topological polar surface area (TPSA) is 237 Å². The molecule has 17 nitrogen and oxygen atoms in total. The fraction of sp³-hybridized carbons (Fsp3) is 0.937. The number of hydrogen-bond donors (Lipinski definition) is 3. The third-order valence-corrected chi connectivity index (χ3v) is 16.4. The highest BCUT2D eigenvalue weighted by Gasteiger charge is 2.30. The van der Waals surface area contributed by atoms with Gasteiger partial charge < -0.3 is 33.8 Å². The monoisotopic (exact) mass is 1210 g/mol. The number of esters is 4. The highest BCUT2D eigenvalue weighted by atomic mass is 31.2. The molecule has 0 heterocycles. The maximum absolute atomic E-state index is 13.0. The molecule has 2 unspecified atom stereocenters. The Morgan fingerprint density at radius 2 is 0.561 bits per heavy atom. The van der Waals surface area contributed by atoms with Crippen molar-refractivity contribution in [3.8, 4) is 0 Å². The van der Waals surface area contributed by atoms with Crippen molar-refractivity contribution in [2.75, 3.05) is 39.6 Å². The summed E-state index contributed by atoms with van der Waals surface area (Å²) in [7, 11) is -9.88. The quantitative estimate of drug-likeness (QED) is 0.0222. The molecule has 3 N–H and O–H groups in total. The Kier molecular flexibility index (Phi) is 54.3. The summed E-state index contributed by atoms with van der Waals surface area (Å²) in [5, 5.41) is 10.5. The van der Waals surface area contributed by atoms with E-state index in [1.807, 2.05) is 0 Å². The van der Waals surface area contributed by atoms with Gasteiger partial charge in [0.1, 0.15) is 19.3 Å². The predicted molar refractivity (Wildman–Crippen MR) is 326 cm³/mol. The summed E-state index contributed by atoms with van der Waals surface area (Å²) in [5.41, 5.74) is 0. The molecule has 0 saturated carbocycles. The summed E-state index contributed by atoms with van der Waals surface area (Å²) >= 11 is 0. The van der Waals surface area contributed by atoms with Crippen molar-refractivity contribution in [2.24, 2.45) is 11.8 Å². The summed E-state index contributed by atoms with van der Waals surface area (Å²) in [6.07, 6.45) is 37.8. The zero-order valence-electron chi connectivity index (χ0n) is 52.8. The molecule has 0 aliphatic heterocycles. The number of hydrogen-bond acceptors (Lipinski definition) is 15. The molecule has 0 aliphatic carbocycles. The van der Waals surface area contributed by atoms with Gasteiger partial charge in [-0.25, -0.2) is 9.13 Å². The molecule has 82 heavy (non-hydrogen) atoms. The maximum atomic E-state index is 13.0. The molecular weight excluding hydrogens is 1090 g/mol. The van der Waals surface area contributed by atoms with Crippen molar-refractivity contribution >= 4 is 39.5 Å². The second-order valence-electron chi connectivity index (χ2n) is 23.7. The van der Waals surface area contributed by atoms with Crippen LogP contribution in [0.4, 0.5) is 0 Å². The first-order chi connectivity index (χ1) is 39.4. The standard InChI is InChI=1S/C63H122O17P2/c1-7-9-11-13-15-17-19-21-23-25-33-39-45-60(65)73-51-58(79-62(67)47-41-35-26-24-22-20-18-16-14-12-10-8-2)53-77-81(69,70)75-49-57(64)50-76-82(71,72)78-54-59(80-63(68)48-42-36-30-28-32-38-44-56(5)6)52-74-61(66)46-40-34-29-27-31-37-43-55(3)4/h55-59,64H,7-54H2,1-6H3,(H,69,70)(H,71,72)/t57-,58-,59-/m1/s1. The Morgan fingerprint density at radius 1 is 0.329 bits per heavy atom. The van der Waals surface area contributed by atoms with Crippen molar-refractivity contribution in [1.82, 2.24) is 0 Å². The molecule has 0 aromatic carbocycles. The summed E-state index contributed by atoms with van der Waals surface area (Å²) in [6.45, 7) is 9.31. The van der Waals surface area contributed by atoms with E-state index in [0.717, 1.165) is 96.3 Å². The van der Waals surface area contributed by atoms with Crippen LogP contribution in [0.5, 0.6) is 0 Å². The van der Waals surface area contributed by atoms with Crippen LogP contribution < -0.4 is 0 Å². The lowest BCUT2D eigenvalue weighted by molar-refractivity contribution is -0.161. The molecule has 0 rings (SSSR count). The van der Waals surface area contributed by atoms with Crippen molar-refractivity contribution in [3.63, 3.8) is 0 Å². The average Bonchev–Trinajstić information content (AvgIpc) is 3.45. The Bertz CT molecular complexity index is 1620. The lowest BCUT2D eigenvalue weighted by Crippen LogP contribution is -2.30. The Hall–Kier alpha value is -1.94. The number of unbranched alkanes of at least 4 members (excludes halogenated alkanes) is 32. The lowest BCUT2D eigenvalue weighted by atomic mass is 10.0. The number of aliphatic hydroxyl groups excluding tert-OH is 1. The molecule has 0 aliphatic rings. The minimum Gasteiger partial charge on any atom is -0.462 e. The van der Waals surface area contributed by atoms with Crippen LogP contribution in [0.3, 0.4) is 0 Å². The van der Waals surface area contributed by atoms with E-state index < -0.39 is 97.5 Å². The predicted octanol–water partition coefficient (Wildman–Crippen LogP) is 17.3. The van der Waals surface area contributed by atoms with Gasteiger partial charge >= 0.3 is 39.5 Å². The minimum absolute atomic E-state index is 0.101. The van der Waals surface area contributed by atoms with Crippen molar-refractivity contribution < 1.29 is 80.2 Å². The molecular formula is C63H122O17P2. The molecule has 0 spiro atoms. The van der Waals surface area contributed by atoms with Gasteiger partial charge in [0.25, 0.3) is 0 Å². The molecule has 0 aromatic rings. The Morgan fingerprint density at radius 3 is 0.829 bits per heavy atom. The zero-order valence-corrected chi connectivity index (χ0v) is 54.6. The first-order valence-corrected chi connectivity index (χ1v) is 36.0. The van der Waals surface area contributed by atoms with Gasteiger partial charge in [-0.05, 0) is 37.5 Å². The van der Waals surface area contributed by atoms with E-state index in [9.17, 15) is 43.2 Å². The first-order valence-electron chi connectivity index (χ1n) is 33.0. The van der Waals surface area contributed by atoms with Gasteiger partial charge in [-0.15, -0.1) is 0 Å². The third-order valence-electron chi connectivity index (χ3n) is 14.5. The molecule has 0 saturated heterocycles. The van der Waals surface area contributed by atoms with Crippen LogP contribution in [-0.4, -0.2) is 96.7 Å². The smallest absolute Gasteiger partial charge is 0.462 e. The summed E-state index contributed by atoms with van der Waals surface area (Å²) in [4.78, 5) is 72.1. The summed E-state index contributed by atoms with van der Waals surface area (Å²) in [5.74, 6) is -0.790. The van der Waals surface area contributed by atoms with Crippen LogP contribution in [0.25, 0.3) is 0 Å². The normalized spacial score (nSPS) is 14.3. The fourth-order valence-corrected chi connectivity index (χ4v) is 10.9. The lowest BCUT2D eigenvalue weighted by Gasteiger charge is -2.21. The van der Waals surface area contributed by atoms with Crippen molar-refractivity contribution in [3.05, 3.63) is 0 Å². The average molecular weight is 1210 g/mol. The minimum atomic E-state index is -4.94. The van der Waals surface area contributed by atoms with E-state index >= 15 is 0 Å². The van der Waals surface area contributed by atoms with E-state index in [0.29, 0.717) is 37.5 Å². The maximum Gasteiger partial charge on any atom is 0.472 e. The molecule has 0 radical (unpaired) electrons. The number of rotatable bonds is 62. The molecule has 19 heteroatoms. The number of carbonyl (C=O) groups is 4. The molecule has 0 amide bonds. The number of ether oxygens (including phenoxy) is 4. The van der Waals surface area contributed by atoms with Gasteiger partial charge in [-0.2, -0.15) is 0 Å². The number of aliphatic hydroxyl groups is 1. The summed E-state index contributed by atoms with van der Waals surface area (Å²) < 4.78 is 67.9. The van der Waals surface area contributed by atoms with Crippen LogP contribution >= 0.6 is 15.6 Å². The second-order valence-corrected chi connectivity index (χ2v) is 26.7. The van der Waals surface area contributed by atoms with Crippen LogP contribution in [0.15, 0.2) is 0 Å². The third kappa shape index (κ3) is 57.2. The molecule has 0 fully saturated rings. The zero-order chi connectivity index (χ0) is 60.8. The van der Waals surface area contributed by atoms with E-state index in [-0.39, 0.29) is 25.7 Å². The summed E-state index contributed by atoms with van der Waals surface area (Å²) in [6, 6.07) is 0. The van der Waals surface area contributed by atoms with Gasteiger partial charge in [0.05, 0.1) is 26.4 Å². The SMILES string of the molecule is CCCCCCCCCCCCCCC(=O)OC[C@H](COP(=O)(O)OC[C@@H](O)COP(=O)(O)OC[C@@H](COC(=O)CCCCCCCCC(C)C)OC(=O)CCCCCCCCC(C)C)OC(=O)CCCCCCCCCCCCCC. The molecule has 0 bridgehead atoms. The second kappa shape index (κ2) is 55.6. The Balaban J connectivity index is 5.23. The largest absolute Gasteiger partial charge is 0.472 e. The molecule has 0 aromatic heterocycles. The van der Waals surface area contributed by atoms with E-state index in [1.165, 1.54) is 122 Å². The number of phosphoric ester groups is 2. The van der Waals surface area contributed by atoms with Gasteiger partial charge in [0.2, 0.25) is 0 Å². The van der Waals surface area contributed by atoms with Crippen LogP contribution in [0.2, 0.25) is 0 Å². The highest BCUT2D eigenvalue weighted by molar-refractivity contribution is 7.47. The molecule has 5 atom stereocenters. The van der Waals surface area contributed by atoms with Gasteiger partial charge in [0.15, 0.2) is 12.2 Å². The van der Waals surface area contributed by atoms with Crippen molar-refractivity contribution in [2.45, 2.75) is 330 Å². The van der Waals surface area contributed by atoms with E-state index in [1.54, 1.807) is 0 Å². The number of phosphoric acid groups is 2. The van der Waals surface area contributed by atoms with Crippen LogP contribution in [-0.2, 0) is 65.4 Å². The first kappa shape index (κ1) is 80.1. The van der Waals surface area contributed by atoms with Gasteiger partial charge in [0, 0.05) is 25.7 Å². The van der Waals surface area contributed by atoms with Crippen molar-refractivity contribution in [1.29, 1.82) is 0 Å². The number of carbonyl (C=O) groups excluding carboxylic acids is 4. The van der Waals surface area contributed by atoms with E-state index in [2.05, 4.69) is 41.5 Å². The van der Waals surface area contributed by atoms with Gasteiger partial charge in [-0.3, -0.25) is 37.3 Å². The highest BCUT2D eigenvalue weighted by Crippen LogP contribution is 2.45. The molecule has 486 valence electrons.